The average molecular weight is 356 g/mol. The van der Waals surface area contributed by atoms with Crippen LogP contribution in [0.15, 0.2) is 35.3 Å². The monoisotopic (exact) mass is 356 g/mol. The Morgan fingerprint density at radius 2 is 2.04 bits per heavy atom. The summed E-state index contributed by atoms with van der Waals surface area (Å²) in [7, 11) is 0. The van der Waals surface area contributed by atoms with Crippen molar-refractivity contribution < 1.29 is 9.59 Å². The molecule has 1 atom stereocenters. The molecule has 1 aliphatic heterocycles. The third-order valence-electron chi connectivity index (χ3n) is 4.72. The molecule has 0 spiro atoms. The van der Waals surface area contributed by atoms with E-state index in [2.05, 4.69) is 20.9 Å². The van der Waals surface area contributed by atoms with Gasteiger partial charge in [-0.3, -0.25) is 14.4 Å². The van der Waals surface area contributed by atoms with E-state index in [1.54, 1.807) is 18.2 Å². The lowest BCUT2D eigenvalue weighted by Crippen LogP contribution is -2.39. The van der Waals surface area contributed by atoms with Gasteiger partial charge in [0, 0.05) is 23.6 Å². The molecule has 0 saturated carbocycles. The lowest BCUT2D eigenvalue weighted by Gasteiger charge is -2.22. The first-order valence-corrected chi connectivity index (χ1v) is 9.01. The molecule has 26 heavy (non-hydrogen) atoms. The number of amides is 2. The number of hydrogen-bond acceptors (Lipinski definition) is 4. The number of carbonyl (C=O) groups excluding carboxylic acids is 2. The molecule has 7 heteroatoms. The van der Waals surface area contributed by atoms with Gasteiger partial charge in [0.15, 0.2) is 0 Å². The highest BCUT2D eigenvalue weighted by molar-refractivity contribution is 5.98. The SMILES string of the molecule is O=C(CNC(=O)c1c[nH]c2ccccc2c1=O)NCCC1CCCNC1. The van der Waals surface area contributed by atoms with E-state index in [0.717, 1.165) is 19.5 Å². The molecule has 7 nitrogen and oxygen atoms in total. The smallest absolute Gasteiger partial charge is 0.257 e. The normalized spacial score (nSPS) is 17.0. The summed E-state index contributed by atoms with van der Waals surface area (Å²) in [5.74, 6) is -0.210. The highest BCUT2D eigenvalue weighted by Crippen LogP contribution is 2.12. The van der Waals surface area contributed by atoms with Gasteiger partial charge in [-0.05, 0) is 50.4 Å². The predicted octanol–water partition coefficient (Wildman–Crippen LogP) is 0.764. The maximum absolute atomic E-state index is 12.4. The molecule has 1 fully saturated rings. The van der Waals surface area contributed by atoms with Crippen LogP contribution < -0.4 is 21.4 Å². The first-order chi connectivity index (χ1) is 12.6. The molecule has 0 aliphatic carbocycles. The molecule has 3 rings (SSSR count). The minimum atomic E-state index is -0.552. The standard InChI is InChI=1S/C19H24N4O3/c24-17(21-9-7-13-4-3-8-20-10-13)12-23-19(26)15-11-22-16-6-2-1-5-14(16)18(15)25/h1-2,5-6,11,13,20H,3-4,7-10,12H2,(H,21,24)(H,22,25)(H,23,26). The zero-order chi connectivity index (χ0) is 18.4. The summed E-state index contributed by atoms with van der Waals surface area (Å²) in [6, 6.07) is 6.99. The highest BCUT2D eigenvalue weighted by atomic mass is 16.2. The Bertz CT molecular complexity index is 840. The summed E-state index contributed by atoms with van der Waals surface area (Å²) in [4.78, 5) is 39.4. The Hall–Kier alpha value is -2.67. The van der Waals surface area contributed by atoms with E-state index in [4.69, 9.17) is 0 Å². The number of para-hydroxylation sites is 1. The first-order valence-electron chi connectivity index (χ1n) is 9.01. The maximum Gasteiger partial charge on any atom is 0.257 e. The number of piperidine rings is 1. The maximum atomic E-state index is 12.4. The second-order valence-electron chi connectivity index (χ2n) is 6.61. The molecule has 2 aromatic rings. The Morgan fingerprint density at radius 3 is 2.85 bits per heavy atom. The van der Waals surface area contributed by atoms with Crippen LogP contribution in [0.3, 0.4) is 0 Å². The summed E-state index contributed by atoms with van der Waals surface area (Å²) >= 11 is 0. The van der Waals surface area contributed by atoms with Crippen LogP contribution >= 0.6 is 0 Å². The van der Waals surface area contributed by atoms with Crippen molar-refractivity contribution in [3.63, 3.8) is 0 Å². The summed E-state index contributed by atoms with van der Waals surface area (Å²) in [6.07, 6.45) is 4.67. The quantitative estimate of drug-likeness (QED) is 0.614. The minimum Gasteiger partial charge on any atom is -0.360 e. The van der Waals surface area contributed by atoms with E-state index >= 15 is 0 Å². The number of pyridine rings is 1. The van der Waals surface area contributed by atoms with Gasteiger partial charge < -0.3 is 20.9 Å². The van der Waals surface area contributed by atoms with Gasteiger partial charge in [0.05, 0.1) is 6.54 Å². The number of benzene rings is 1. The van der Waals surface area contributed by atoms with E-state index in [9.17, 15) is 14.4 Å². The summed E-state index contributed by atoms with van der Waals surface area (Å²) in [5, 5.41) is 9.12. The fourth-order valence-corrected chi connectivity index (χ4v) is 3.24. The van der Waals surface area contributed by atoms with Crippen LogP contribution in [-0.4, -0.2) is 43.0 Å². The van der Waals surface area contributed by atoms with Crippen molar-refractivity contribution in [3.05, 3.63) is 46.2 Å². The molecule has 1 aromatic carbocycles. The zero-order valence-corrected chi connectivity index (χ0v) is 14.6. The van der Waals surface area contributed by atoms with Gasteiger partial charge in [-0.1, -0.05) is 12.1 Å². The molecule has 4 N–H and O–H groups in total. The first kappa shape index (κ1) is 18.1. The fourth-order valence-electron chi connectivity index (χ4n) is 3.24. The largest absolute Gasteiger partial charge is 0.360 e. The van der Waals surface area contributed by atoms with E-state index in [1.165, 1.54) is 19.0 Å². The fraction of sp³-hybridized carbons (Fsp3) is 0.421. The summed E-state index contributed by atoms with van der Waals surface area (Å²) in [6.45, 7) is 2.52. The number of aromatic nitrogens is 1. The molecule has 0 radical (unpaired) electrons. The van der Waals surface area contributed by atoms with Crippen molar-refractivity contribution in [2.45, 2.75) is 19.3 Å². The van der Waals surface area contributed by atoms with Crippen LogP contribution in [0.5, 0.6) is 0 Å². The molecular weight excluding hydrogens is 332 g/mol. The van der Waals surface area contributed by atoms with Crippen molar-refractivity contribution in [2.75, 3.05) is 26.2 Å². The third-order valence-corrected chi connectivity index (χ3v) is 4.72. The predicted molar refractivity (Wildman–Crippen MR) is 100 cm³/mol. The van der Waals surface area contributed by atoms with Crippen LogP contribution in [0.1, 0.15) is 29.6 Å². The van der Waals surface area contributed by atoms with Crippen LogP contribution in [0, 0.1) is 5.92 Å². The lowest BCUT2D eigenvalue weighted by atomic mass is 9.96. The number of rotatable bonds is 6. The number of nitrogens with one attached hydrogen (secondary N) is 4. The highest BCUT2D eigenvalue weighted by Gasteiger charge is 2.15. The molecule has 1 aromatic heterocycles. The van der Waals surface area contributed by atoms with Gasteiger partial charge in [0.25, 0.3) is 5.91 Å². The van der Waals surface area contributed by atoms with Crippen LogP contribution in [0.25, 0.3) is 10.9 Å². The molecular formula is C19H24N4O3. The van der Waals surface area contributed by atoms with Crippen LogP contribution in [-0.2, 0) is 4.79 Å². The van der Waals surface area contributed by atoms with Gasteiger partial charge in [-0.25, -0.2) is 0 Å². The molecule has 1 unspecified atom stereocenters. The van der Waals surface area contributed by atoms with Gasteiger partial charge in [-0.15, -0.1) is 0 Å². The number of fused-ring (bicyclic) bond motifs is 1. The topological polar surface area (TPSA) is 103 Å². The third kappa shape index (κ3) is 4.49. The van der Waals surface area contributed by atoms with Gasteiger partial charge >= 0.3 is 0 Å². The number of H-pyrrole nitrogens is 1. The van der Waals surface area contributed by atoms with Crippen molar-refractivity contribution >= 4 is 22.7 Å². The van der Waals surface area contributed by atoms with E-state index in [1.807, 2.05) is 6.07 Å². The molecule has 1 aliphatic rings. The lowest BCUT2D eigenvalue weighted by molar-refractivity contribution is -0.120. The van der Waals surface area contributed by atoms with Crippen molar-refractivity contribution in [3.8, 4) is 0 Å². The van der Waals surface area contributed by atoms with E-state index < -0.39 is 5.91 Å². The summed E-state index contributed by atoms with van der Waals surface area (Å²) < 4.78 is 0. The molecule has 1 saturated heterocycles. The summed E-state index contributed by atoms with van der Waals surface area (Å²) in [5.41, 5.74) is 0.329. The number of carbonyl (C=O) groups is 2. The van der Waals surface area contributed by atoms with Crippen molar-refractivity contribution in [1.29, 1.82) is 0 Å². The Kier molecular flexibility index (Phi) is 6.01. The Labute approximate surface area is 151 Å². The average Bonchev–Trinajstić information content (AvgIpc) is 2.67. The second kappa shape index (κ2) is 8.62. The molecule has 0 bridgehead atoms. The van der Waals surface area contributed by atoms with Crippen LogP contribution in [0.2, 0.25) is 0 Å². The van der Waals surface area contributed by atoms with Crippen molar-refractivity contribution in [2.24, 2.45) is 5.92 Å². The minimum absolute atomic E-state index is 0.00443. The molecule has 2 heterocycles. The van der Waals surface area contributed by atoms with Gasteiger partial charge in [-0.2, -0.15) is 0 Å². The van der Waals surface area contributed by atoms with Gasteiger partial charge in [0.1, 0.15) is 5.56 Å². The second-order valence-corrected chi connectivity index (χ2v) is 6.61. The zero-order valence-electron chi connectivity index (χ0n) is 14.6. The van der Waals surface area contributed by atoms with Gasteiger partial charge in [0.2, 0.25) is 11.3 Å². The Morgan fingerprint density at radius 1 is 1.19 bits per heavy atom. The molecule has 2 amide bonds. The number of hydrogen-bond donors (Lipinski definition) is 4. The van der Waals surface area contributed by atoms with E-state index in [0.29, 0.717) is 23.4 Å². The Balaban J connectivity index is 1.48. The van der Waals surface area contributed by atoms with Crippen molar-refractivity contribution in [1.82, 2.24) is 20.9 Å². The van der Waals surface area contributed by atoms with E-state index in [-0.39, 0.29) is 23.4 Å². The number of aromatic amines is 1. The molecule has 138 valence electrons. The van der Waals surface area contributed by atoms with Crippen LogP contribution in [0.4, 0.5) is 0 Å².